The highest BCUT2D eigenvalue weighted by Crippen LogP contribution is 2.49. The zero-order valence-electron chi connectivity index (χ0n) is 23.1. The van der Waals surface area contributed by atoms with Crippen molar-refractivity contribution >= 4 is 33.9 Å². The van der Waals surface area contributed by atoms with Crippen LogP contribution in [0.5, 0.6) is 0 Å². The van der Waals surface area contributed by atoms with Gasteiger partial charge < -0.3 is 15.1 Å². The SMILES string of the molecule is [C-]#[N+]c1c(N2CCC3(CC2)CN(C(=O)C=C)C3)cc(NCCc2ccccn2)c(F)c1-c1c(C)ccc2[nH]ncc12. The van der Waals surface area contributed by atoms with E-state index in [2.05, 4.69) is 36.8 Å². The number of nitrogens with one attached hydrogen (secondary N) is 2. The first-order valence-electron chi connectivity index (χ1n) is 13.9. The number of aryl methyl sites for hydroxylation is 1. The zero-order chi connectivity index (χ0) is 28.6. The predicted molar refractivity (Wildman–Crippen MR) is 160 cm³/mol. The van der Waals surface area contributed by atoms with Crippen LogP contribution in [0.3, 0.4) is 0 Å². The third-order valence-corrected chi connectivity index (χ3v) is 8.54. The van der Waals surface area contributed by atoms with Crippen molar-refractivity contribution in [2.45, 2.75) is 26.2 Å². The van der Waals surface area contributed by atoms with Gasteiger partial charge in [0, 0.05) is 73.1 Å². The molecule has 0 radical (unpaired) electrons. The van der Waals surface area contributed by atoms with E-state index in [0.717, 1.165) is 66.9 Å². The minimum absolute atomic E-state index is 0.0262. The lowest BCUT2D eigenvalue weighted by atomic mass is 9.72. The summed E-state index contributed by atoms with van der Waals surface area (Å²) in [5.41, 5.74) is 5.06. The lowest BCUT2D eigenvalue weighted by Gasteiger charge is -2.54. The Morgan fingerprint density at radius 3 is 2.76 bits per heavy atom. The molecule has 0 atom stereocenters. The third kappa shape index (κ3) is 4.80. The summed E-state index contributed by atoms with van der Waals surface area (Å²) in [6.07, 6.45) is 7.26. The molecule has 4 aromatic rings. The number of piperidine rings is 1. The largest absolute Gasteiger partial charge is 0.382 e. The van der Waals surface area contributed by atoms with Crippen LogP contribution in [0, 0.1) is 24.7 Å². The number of nitrogens with zero attached hydrogens (tertiary/aromatic N) is 5. The molecule has 2 aliphatic rings. The van der Waals surface area contributed by atoms with Crippen molar-refractivity contribution in [3.63, 3.8) is 0 Å². The van der Waals surface area contributed by atoms with Crippen LogP contribution in [0.25, 0.3) is 26.9 Å². The molecule has 2 aliphatic heterocycles. The van der Waals surface area contributed by atoms with Crippen molar-refractivity contribution in [1.29, 1.82) is 0 Å². The summed E-state index contributed by atoms with van der Waals surface area (Å²) in [5, 5.41) is 11.3. The standard InChI is InChI=1S/C32H32FN7O/c1-4-27(41)40-19-32(20-40)11-15-39(16-12-32)26-17-25(36-14-10-22-7-5-6-13-35-22)30(33)29(31(26)34-3)28-21(2)8-9-24-23(28)18-37-38-24/h4-9,13,17-18,36H,1,10-12,14-16,19-20H2,2H3,(H,37,38). The number of aromatic nitrogens is 3. The molecule has 0 aliphatic carbocycles. The van der Waals surface area contributed by atoms with Crippen molar-refractivity contribution in [1.82, 2.24) is 20.1 Å². The summed E-state index contributed by atoms with van der Waals surface area (Å²) in [6.45, 7) is 17.2. The highest BCUT2D eigenvalue weighted by Gasteiger charge is 2.46. The van der Waals surface area contributed by atoms with E-state index in [4.69, 9.17) is 6.57 Å². The Labute approximate surface area is 238 Å². The number of aromatic amines is 1. The van der Waals surface area contributed by atoms with Gasteiger partial charge in [0.1, 0.15) is 5.82 Å². The number of fused-ring (bicyclic) bond motifs is 1. The van der Waals surface area contributed by atoms with E-state index in [1.54, 1.807) is 18.5 Å². The molecule has 9 heteroatoms. The van der Waals surface area contributed by atoms with Crippen LogP contribution in [0.4, 0.5) is 21.5 Å². The number of carbonyl (C=O) groups is 1. The van der Waals surface area contributed by atoms with E-state index in [1.165, 1.54) is 6.08 Å². The molecule has 2 aromatic heterocycles. The second kappa shape index (κ2) is 10.7. The molecular weight excluding hydrogens is 517 g/mol. The fourth-order valence-electron chi connectivity index (χ4n) is 6.26. The van der Waals surface area contributed by atoms with Crippen LogP contribution in [0.2, 0.25) is 0 Å². The number of anilines is 2. The highest BCUT2D eigenvalue weighted by atomic mass is 19.1. The normalized spacial score (nSPS) is 15.9. The highest BCUT2D eigenvalue weighted by molar-refractivity contribution is 6.03. The number of pyridine rings is 1. The number of likely N-dealkylation sites (tertiary alicyclic amines) is 1. The van der Waals surface area contributed by atoms with Gasteiger partial charge in [-0.15, -0.1) is 0 Å². The number of hydrogen-bond acceptors (Lipinski definition) is 5. The topological polar surface area (TPSA) is 81.5 Å². The van der Waals surface area contributed by atoms with E-state index < -0.39 is 5.82 Å². The van der Waals surface area contributed by atoms with E-state index in [-0.39, 0.29) is 11.3 Å². The van der Waals surface area contributed by atoms with Gasteiger partial charge in [-0.2, -0.15) is 5.10 Å². The molecule has 0 saturated carbocycles. The molecule has 0 unspecified atom stereocenters. The molecule has 2 aromatic carbocycles. The Bertz CT molecular complexity index is 1660. The Balaban J connectivity index is 1.37. The van der Waals surface area contributed by atoms with Crippen molar-refractivity contribution < 1.29 is 9.18 Å². The molecule has 0 bridgehead atoms. The lowest BCUT2D eigenvalue weighted by Crippen LogP contribution is -2.61. The van der Waals surface area contributed by atoms with Gasteiger partial charge in [0.25, 0.3) is 0 Å². The molecule has 208 valence electrons. The number of benzene rings is 2. The maximum Gasteiger partial charge on any atom is 0.245 e. The molecule has 1 spiro atoms. The van der Waals surface area contributed by atoms with Crippen LogP contribution >= 0.6 is 0 Å². The molecular formula is C32H32FN7O. The molecule has 2 fully saturated rings. The van der Waals surface area contributed by atoms with Gasteiger partial charge in [-0.25, -0.2) is 9.24 Å². The van der Waals surface area contributed by atoms with Crippen LogP contribution < -0.4 is 10.2 Å². The first-order chi connectivity index (χ1) is 19.9. The van der Waals surface area contributed by atoms with Crippen LogP contribution in [0.1, 0.15) is 24.1 Å². The summed E-state index contributed by atoms with van der Waals surface area (Å²) >= 11 is 0. The molecule has 8 nitrogen and oxygen atoms in total. The van der Waals surface area contributed by atoms with Crippen molar-refractivity contribution in [3.05, 3.63) is 89.9 Å². The second-order valence-electron chi connectivity index (χ2n) is 11.1. The quantitative estimate of drug-likeness (QED) is 0.222. The lowest BCUT2D eigenvalue weighted by molar-refractivity contribution is -0.139. The maximum absolute atomic E-state index is 16.5. The summed E-state index contributed by atoms with van der Waals surface area (Å²) in [6, 6.07) is 11.4. The smallest absolute Gasteiger partial charge is 0.245 e. The van der Waals surface area contributed by atoms with Crippen molar-refractivity contribution in [2.24, 2.45) is 5.41 Å². The molecule has 2 N–H and O–H groups in total. The van der Waals surface area contributed by atoms with Gasteiger partial charge in [-0.05, 0) is 61.2 Å². The Kier molecular flexibility index (Phi) is 6.91. The number of amides is 1. The van der Waals surface area contributed by atoms with Gasteiger partial charge in [0.05, 0.1) is 24.0 Å². The molecule has 41 heavy (non-hydrogen) atoms. The monoisotopic (exact) mass is 549 g/mol. The Morgan fingerprint density at radius 1 is 1.24 bits per heavy atom. The van der Waals surface area contributed by atoms with Crippen LogP contribution in [-0.2, 0) is 11.2 Å². The predicted octanol–water partition coefficient (Wildman–Crippen LogP) is 5.89. The summed E-state index contributed by atoms with van der Waals surface area (Å²) < 4.78 is 16.5. The van der Waals surface area contributed by atoms with E-state index >= 15 is 4.39 Å². The molecule has 4 heterocycles. The summed E-state index contributed by atoms with van der Waals surface area (Å²) in [4.78, 5) is 24.4. The minimum atomic E-state index is -0.441. The molecule has 2 saturated heterocycles. The average molecular weight is 550 g/mol. The number of hydrogen-bond donors (Lipinski definition) is 2. The van der Waals surface area contributed by atoms with Gasteiger partial charge in [0.15, 0.2) is 0 Å². The average Bonchev–Trinajstić information content (AvgIpc) is 3.46. The molecule has 6 rings (SSSR count). The summed E-state index contributed by atoms with van der Waals surface area (Å²) in [5.74, 6) is -0.467. The van der Waals surface area contributed by atoms with Crippen LogP contribution in [-0.4, -0.2) is 58.7 Å². The number of halogens is 1. The second-order valence-corrected chi connectivity index (χ2v) is 11.1. The van der Waals surface area contributed by atoms with Gasteiger partial charge >= 0.3 is 0 Å². The minimum Gasteiger partial charge on any atom is -0.382 e. The van der Waals surface area contributed by atoms with Gasteiger partial charge in [-0.1, -0.05) is 18.7 Å². The number of carbonyl (C=O) groups excluding carboxylic acids is 1. The van der Waals surface area contributed by atoms with E-state index in [9.17, 15) is 4.79 Å². The fraction of sp³-hybridized carbons (Fsp3) is 0.312. The third-order valence-electron chi connectivity index (χ3n) is 8.54. The van der Waals surface area contributed by atoms with E-state index in [1.807, 2.05) is 42.2 Å². The Hall–Kier alpha value is -4.71. The van der Waals surface area contributed by atoms with Crippen molar-refractivity contribution in [3.8, 4) is 11.1 Å². The van der Waals surface area contributed by atoms with E-state index in [0.29, 0.717) is 35.5 Å². The number of H-pyrrole nitrogens is 1. The Morgan fingerprint density at radius 2 is 2.05 bits per heavy atom. The number of rotatable bonds is 7. The zero-order valence-corrected chi connectivity index (χ0v) is 23.1. The van der Waals surface area contributed by atoms with Gasteiger partial charge in [-0.3, -0.25) is 14.9 Å². The first-order valence-corrected chi connectivity index (χ1v) is 13.9. The van der Waals surface area contributed by atoms with Gasteiger partial charge in [0.2, 0.25) is 11.6 Å². The summed E-state index contributed by atoms with van der Waals surface area (Å²) in [7, 11) is 0. The first kappa shape index (κ1) is 26.5. The van der Waals surface area contributed by atoms with Crippen LogP contribution in [0.15, 0.2) is 61.4 Å². The fourth-order valence-corrected chi connectivity index (χ4v) is 6.26. The molecule has 1 amide bonds. The van der Waals surface area contributed by atoms with Crippen molar-refractivity contribution in [2.75, 3.05) is 42.9 Å². The maximum atomic E-state index is 16.5.